The van der Waals surface area contributed by atoms with E-state index in [1.165, 1.54) is 6.07 Å². The first-order chi connectivity index (χ1) is 18.5. The topological polar surface area (TPSA) is 127 Å². The predicted molar refractivity (Wildman–Crippen MR) is 150 cm³/mol. The molecule has 0 fully saturated rings. The highest BCUT2D eigenvalue weighted by molar-refractivity contribution is 7.89. The van der Waals surface area contributed by atoms with Crippen LogP contribution in [0, 0.1) is 17.0 Å². The highest BCUT2D eigenvalue weighted by Gasteiger charge is 2.31. The zero-order chi connectivity index (χ0) is 28.3. The quantitative estimate of drug-likeness (QED) is 0.212. The molecule has 39 heavy (non-hydrogen) atoms. The third-order valence-electron chi connectivity index (χ3n) is 5.92. The maximum Gasteiger partial charge on any atom is 0.289 e. The number of rotatable bonds is 9. The van der Waals surface area contributed by atoms with Crippen molar-refractivity contribution in [3.05, 3.63) is 99.6 Å². The van der Waals surface area contributed by atoms with E-state index in [1.54, 1.807) is 24.6 Å². The lowest BCUT2D eigenvalue weighted by Crippen LogP contribution is -2.42. The smallest absolute Gasteiger partial charge is 0.289 e. The van der Waals surface area contributed by atoms with Crippen LogP contribution in [-0.4, -0.2) is 45.9 Å². The van der Waals surface area contributed by atoms with Crippen molar-refractivity contribution in [2.24, 2.45) is 0 Å². The van der Waals surface area contributed by atoms with Gasteiger partial charge in [0.05, 0.1) is 27.7 Å². The zero-order valence-corrected chi connectivity index (χ0v) is 23.0. The lowest BCUT2D eigenvalue weighted by molar-refractivity contribution is -0.384. The minimum absolute atomic E-state index is 0.189. The van der Waals surface area contributed by atoms with E-state index in [2.05, 4.69) is 10.4 Å². The van der Waals surface area contributed by atoms with Crippen molar-refractivity contribution < 1.29 is 18.1 Å². The van der Waals surface area contributed by atoms with Gasteiger partial charge in [0.25, 0.3) is 5.69 Å². The monoisotopic (exact) mass is 567 g/mol. The van der Waals surface area contributed by atoms with Gasteiger partial charge in [-0.3, -0.25) is 14.9 Å². The third-order valence-corrected chi connectivity index (χ3v) is 8.26. The summed E-state index contributed by atoms with van der Waals surface area (Å²) in [6.45, 7) is 4.65. The van der Waals surface area contributed by atoms with Crippen LogP contribution in [0.3, 0.4) is 0 Å². The number of nitrogens with zero attached hydrogens (tertiary/aromatic N) is 4. The number of anilines is 1. The highest BCUT2D eigenvalue weighted by atomic mass is 35.5. The molecule has 10 nitrogen and oxygen atoms in total. The number of nitro benzene ring substituents is 1. The van der Waals surface area contributed by atoms with E-state index in [9.17, 15) is 23.3 Å². The van der Waals surface area contributed by atoms with E-state index in [0.717, 1.165) is 27.6 Å². The van der Waals surface area contributed by atoms with Crippen LogP contribution in [0.2, 0.25) is 5.02 Å². The number of hydrogen-bond acceptors (Lipinski definition) is 6. The molecule has 0 bridgehead atoms. The number of carbonyl (C=O) groups excluding carboxylic acids is 1. The molecule has 0 radical (unpaired) electrons. The van der Waals surface area contributed by atoms with Crippen LogP contribution in [0.15, 0.2) is 83.8 Å². The Hall–Kier alpha value is -4.06. The molecule has 1 aromatic heterocycles. The summed E-state index contributed by atoms with van der Waals surface area (Å²) in [4.78, 5) is 23.4. The van der Waals surface area contributed by atoms with Gasteiger partial charge in [0.1, 0.15) is 10.8 Å². The standard InChI is InChI=1S/C27H26ClN5O5S/c1-18(2)31(39(37,38)22-13-14-23(28)25(15-22)33(35)36)17-27(34)29-26-16-24(20-7-5-4-6-8-20)30-32(26)21-11-9-19(3)10-12-21/h4-16,18H,17H2,1-3H3,(H,29,34). The number of sulfonamides is 1. The van der Waals surface area contributed by atoms with E-state index in [4.69, 9.17) is 11.6 Å². The van der Waals surface area contributed by atoms with Gasteiger partial charge in [-0.15, -0.1) is 0 Å². The number of aromatic nitrogens is 2. The summed E-state index contributed by atoms with van der Waals surface area (Å²) in [6, 6.07) is 21.3. The molecule has 0 aliphatic rings. The van der Waals surface area contributed by atoms with Gasteiger partial charge in [-0.05, 0) is 45.0 Å². The largest absolute Gasteiger partial charge is 0.309 e. The Kier molecular flexibility index (Phi) is 8.14. The van der Waals surface area contributed by atoms with Gasteiger partial charge in [0.2, 0.25) is 15.9 Å². The Morgan fingerprint density at radius 1 is 1.08 bits per heavy atom. The van der Waals surface area contributed by atoms with E-state index >= 15 is 0 Å². The van der Waals surface area contributed by atoms with Crippen molar-refractivity contribution in [2.45, 2.75) is 31.7 Å². The molecule has 0 aliphatic carbocycles. The Morgan fingerprint density at radius 3 is 2.36 bits per heavy atom. The number of benzene rings is 3. The van der Waals surface area contributed by atoms with Gasteiger partial charge in [0, 0.05) is 23.7 Å². The van der Waals surface area contributed by atoms with Crippen LogP contribution < -0.4 is 5.32 Å². The second-order valence-electron chi connectivity index (χ2n) is 9.09. The lowest BCUT2D eigenvalue weighted by Gasteiger charge is -2.25. The van der Waals surface area contributed by atoms with Crippen LogP contribution in [0.1, 0.15) is 19.4 Å². The first kappa shape index (κ1) is 28.0. The van der Waals surface area contributed by atoms with Gasteiger partial charge < -0.3 is 5.32 Å². The summed E-state index contributed by atoms with van der Waals surface area (Å²) in [5.74, 6) is -0.255. The fourth-order valence-corrected chi connectivity index (χ4v) is 5.70. The molecule has 1 heterocycles. The van der Waals surface area contributed by atoms with Gasteiger partial charge >= 0.3 is 0 Å². The van der Waals surface area contributed by atoms with Gasteiger partial charge in [-0.25, -0.2) is 13.1 Å². The predicted octanol–water partition coefficient (Wildman–Crippen LogP) is 5.45. The van der Waals surface area contributed by atoms with Gasteiger partial charge in [0.15, 0.2) is 0 Å². The van der Waals surface area contributed by atoms with Crippen LogP contribution in [-0.2, 0) is 14.8 Å². The Labute approximate surface area is 231 Å². The normalized spacial score (nSPS) is 11.6. The van der Waals surface area contributed by atoms with Gasteiger partial charge in [-0.2, -0.15) is 9.40 Å². The molecule has 0 atom stereocenters. The summed E-state index contributed by atoms with van der Waals surface area (Å²) < 4.78 is 29.4. The Balaban J connectivity index is 1.66. The minimum atomic E-state index is -4.28. The van der Waals surface area contributed by atoms with Crippen LogP contribution in [0.5, 0.6) is 0 Å². The number of hydrogen-bond donors (Lipinski definition) is 1. The maximum atomic E-state index is 13.4. The maximum absolute atomic E-state index is 13.4. The molecule has 0 spiro atoms. The molecule has 0 aliphatic heterocycles. The number of halogens is 1. The molecular weight excluding hydrogens is 542 g/mol. The van der Waals surface area contributed by atoms with E-state index in [1.807, 2.05) is 61.5 Å². The summed E-state index contributed by atoms with van der Waals surface area (Å²) in [6.07, 6.45) is 0. The number of carbonyl (C=O) groups is 1. The molecule has 4 aromatic rings. The molecule has 1 N–H and O–H groups in total. The number of nitro groups is 1. The van der Waals surface area contributed by atoms with Crippen LogP contribution in [0.25, 0.3) is 16.9 Å². The van der Waals surface area contributed by atoms with Crippen molar-refractivity contribution in [3.63, 3.8) is 0 Å². The fraction of sp³-hybridized carbons (Fsp3) is 0.185. The van der Waals surface area contributed by atoms with E-state index in [-0.39, 0.29) is 9.92 Å². The average Bonchev–Trinajstić information content (AvgIpc) is 3.31. The number of nitrogens with one attached hydrogen (secondary N) is 1. The Bertz CT molecular complexity index is 1620. The molecule has 12 heteroatoms. The molecule has 202 valence electrons. The second kappa shape index (κ2) is 11.4. The zero-order valence-electron chi connectivity index (χ0n) is 21.4. The van der Waals surface area contributed by atoms with Crippen molar-refractivity contribution in [1.29, 1.82) is 0 Å². The summed E-state index contributed by atoms with van der Waals surface area (Å²) in [5.41, 5.74) is 2.68. The summed E-state index contributed by atoms with van der Waals surface area (Å²) in [7, 11) is -4.28. The van der Waals surface area contributed by atoms with Crippen LogP contribution >= 0.6 is 11.6 Å². The first-order valence-electron chi connectivity index (χ1n) is 12.0. The molecule has 3 aromatic carbocycles. The third kappa shape index (κ3) is 6.17. The first-order valence-corrected chi connectivity index (χ1v) is 13.8. The van der Waals surface area contributed by atoms with E-state index < -0.39 is 39.1 Å². The number of aryl methyl sites for hydroxylation is 1. The number of amides is 1. The summed E-state index contributed by atoms with van der Waals surface area (Å²) >= 11 is 5.86. The molecule has 0 saturated carbocycles. The molecule has 1 amide bonds. The fourth-order valence-electron chi connectivity index (χ4n) is 3.90. The average molecular weight is 568 g/mol. The highest BCUT2D eigenvalue weighted by Crippen LogP contribution is 2.30. The Morgan fingerprint density at radius 2 is 1.74 bits per heavy atom. The van der Waals surface area contributed by atoms with Crippen molar-refractivity contribution in [2.75, 3.05) is 11.9 Å². The van der Waals surface area contributed by atoms with Gasteiger partial charge in [-0.1, -0.05) is 59.6 Å². The molecular formula is C27H26ClN5O5S. The SMILES string of the molecule is Cc1ccc(-n2nc(-c3ccccc3)cc2NC(=O)CN(C(C)C)S(=O)(=O)c2ccc(Cl)c([N+](=O)[O-])c2)cc1. The molecule has 0 saturated heterocycles. The second-order valence-corrected chi connectivity index (χ2v) is 11.4. The lowest BCUT2D eigenvalue weighted by atomic mass is 10.1. The van der Waals surface area contributed by atoms with Crippen molar-refractivity contribution in [3.8, 4) is 16.9 Å². The van der Waals surface area contributed by atoms with E-state index in [0.29, 0.717) is 17.2 Å². The molecule has 4 rings (SSSR count). The summed E-state index contributed by atoms with van der Waals surface area (Å²) in [5, 5.41) is 18.6. The van der Waals surface area contributed by atoms with Crippen molar-refractivity contribution >= 4 is 39.0 Å². The molecule has 0 unspecified atom stereocenters. The minimum Gasteiger partial charge on any atom is -0.309 e. The van der Waals surface area contributed by atoms with Crippen molar-refractivity contribution in [1.82, 2.24) is 14.1 Å². The van der Waals surface area contributed by atoms with Crippen LogP contribution in [0.4, 0.5) is 11.5 Å².